The van der Waals surface area contributed by atoms with E-state index in [-0.39, 0.29) is 12.5 Å². The van der Waals surface area contributed by atoms with Gasteiger partial charge in [0.2, 0.25) is 0 Å². The average Bonchev–Trinajstić information content (AvgIpc) is 2.67. The summed E-state index contributed by atoms with van der Waals surface area (Å²) in [5, 5.41) is 9.50. The van der Waals surface area contributed by atoms with Crippen LogP contribution < -0.4 is 9.64 Å². The zero-order valence-electron chi connectivity index (χ0n) is 13.7. The average molecular weight is 356 g/mol. The van der Waals surface area contributed by atoms with E-state index in [1.54, 1.807) is 29.2 Å². The van der Waals surface area contributed by atoms with E-state index in [9.17, 15) is 4.79 Å². The van der Waals surface area contributed by atoms with Gasteiger partial charge in [-0.3, -0.25) is 4.79 Å². The summed E-state index contributed by atoms with van der Waals surface area (Å²) in [7, 11) is 0. The molecule has 0 saturated carbocycles. The van der Waals surface area contributed by atoms with Crippen LogP contribution in [0.25, 0.3) is 0 Å². The molecule has 1 fully saturated rings. The van der Waals surface area contributed by atoms with Crippen molar-refractivity contribution in [2.24, 2.45) is 0 Å². The maximum Gasteiger partial charge on any atom is 0.260 e. The lowest BCUT2D eigenvalue weighted by Crippen LogP contribution is -2.50. The molecular weight excluding hydrogens is 338 g/mol. The topological polar surface area (TPSA) is 56.6 Å². The fourth-order valence-electron chi connectivity index (χ4n) is 2.77. The molecule has 6 heteroatoms. The van der Waals surface area contributed by atoms with Crippen LogP contribution in [0.5, 0.6) is 5.75 Å². The molecule has 2 aromatic carbocycles. The first-order valence-electron chi connectivity index (χ1n) is 8.07. The summed E-state index contributed by atoms with van der Waals surface area (Å²) in [4.78, 5) is 16.3. The van der Waals surface area contributed by atoms with Crippen molar-refractivity contribution in [3.8, 4) is 11.8 Å². The van der Waals surface area contributed by atoms with Crippen LogP contribution in [0.1, 0.15) is 5.56 Å². The van der Waals surface area contributed by atoms with Gasteiger partial charge in [-0.1, -0.05) is 23.7 Å². The number of nitriles is 1. The van der Waals surface area contributed by atoms with Gasteiger partial charge in [0.05, 0.1) is 22.3 Å². The Morgan fingerprint density at radius 3 is 2.40 bits per heavy atom. The molecule has 3 rings (SSSR count). The van der Waals surface area contributed by atoms with Crippen molar-refractivity contribution in [2.75, 3.05) is 37.7 Å². The number of carbonyl (C=O) groups is 1. The molecule has 0 bridgehead atoms. The summed E-state index contributed by atoms with van der Waals surface area (Å²) in [6.45, 7) is 2.76. The van der Waals surface area contributed by atoms with Gasteiger partial charge in [-0.15, -0.1) is 0 Å². The molecule has 1 saturated heterocycles. The number of para-hydroxylation sites is 1. The van der Waals surface area contributed by atoms with E-state index >= 15 is 0 Å². The van der Waals surface area contributed by atoms with Crippen LogP contribution in [0.2, 0.25) is 5.02 Å². The highest BCUT2D eigenvalue weighted by atomic mass is 35.5. The molecular formula is C19H18ClN3O2. The highest BCUT2D eigenvalue weighted by Crippen LogP contribution is 2.26. The van der Waals surface area contributed by atoms with Gasteiger partial charge in [0.1, 0.15) is 5.75 Å². The van der Waals surface area contributed by atoms with Crippen LogP contribution in [0.4, 0.5) is 5.69 Å². The molecule has 25 heavy (non-hydrogen) atoms. The van der Waals surface area contributed by atoms with Gasteiger partial charge in [-0.05, 0) is 36.4 Å². The van der Waals surface area contributed by atoms with Crippen molar-refractivity contribution in [2.45, 2.75) is 0 Å². The van der Waals surface area contributed by atoms with Gasteiger partial charge in [-0.2, -0.15) is 5.26 Å². The molecule has 1 amide bonds. The first-order chi connectivity index (χ1) is 12.2. The van der Waals surface area contributed by atoms with E-state index < -0.39 is 0 Å². The lowest BCUT2D eigenvalue weighted by molar-refractivity contribution is -0.133. The third-order valence-corrected chi connectivity index (χ3v) is 4.49. The van der Waals surface area contributed by atoms with Crippen LogP contribution in [-0.2, 0) is 4.79 Å². The zero-order chi connectivity index (χ0) is 17.6. The third kappa shape index (κ3) is 4.23. The number of halogens is 1. The Balaban J connectivity index is 1.50. The van der Waals surface area contributed by atoms with Crippen LogP contribution in [-0.4, -0.2) is 43.6 Å². The number of ether oxygens (including phenoxy) is 1. The molecule has 5 nitrogen and oxygen atoms in total. The molecule has 0 N–H and O–H groups in total. The lowest BCUT2D eigenvalue weighted by Gasteiger charge is -2.36. The molecule has 0 aliphatic carbocycles. The molecule has 0 spiro atoms. The van der Waals surface area contributed by atoms with Crippen molar-refractivity contribution >= 4 is 23.2 Å². The lowest BCUT2D eigenvalue weighted by atomic mass is 10.2. The van der Waals surface area contributed by atoms with Crippen molar-refractivity contribution < 1.29 is 9.53 Å². The van der Waals surface area contributed by atoms with E-state index in [2.05, 4.69) is 4.90 Å². The Kier molecular flexibility index (Phi) is 5.42. The molecule has 1 aliphatic rings. The predicted molar refractivity (Wildman–Crippen MR) is 96.9 cm³/mol. The first kappa shape index (κ1) is 17.1. The Labute approximate surface area is 152 Å². The molecule has 1 aliphatic heterocycles. The van der Waals surface area contributed by atoms with Crippen LogP contribution >= 0.6 is 11.6 Å². The summed E-state index contributed by atoms with van der Waals surface area (Å²) in [5.41, 5.74) is 1.57. The van der Waals surface area contributed by atoms with E-state index in [1.807, 2.05) is 30.3 Å². The maximum atomic E-state index is 12.3. The van der Waals surface area contributed by atoms with Gasteiger partial charge < -0.3 is 14.5 Å². The van der Waals surface area contributed by atoms with Crippen LogP contribution in [0.3, 0.4) is 0 Å². The van der Waals surface area contributed by atoms with E-state index in [1.165, 1.54) is 0 Å². The van der Waals surface area contributed by atoms with Gasteiger partial charge in [0.25, 0.3) is 5.91 Å². The minimum atomic E-state index is -0.0387. The Morgan fingerprint density at radius 1 is 1.08 bits per heavy atom. The molecule has 0 unspecified atom stereocenters. The minimum Gasteiger partial charge on any atom is -0.484 e. The number of amides is 1. The number of benzene rings is 2. The number of piperazine rings is 1. The fourth-order valence-corrected chi connectivity index (χ4v) is 3.02. The van der Waals surface area contributed by atoms with Crippen LogP contribution in [0.15, 0.2) is 48.5 Å². The third-order valence-electron chi connectivity index (χ3n) is 4.17. The van der Waals surface area contributed by atoms with E-state index in [0.717, 1.165) is 23.8 Å². The van der Waals surface area contributed by atoms with E-state index in [4.69, 9.17) is 21.6 Å². The number of rotatable bonds is 4. The fraction of sp³-hybridized carbons (Fsp3) is 0.263. The quantitative estimate of drug-likeness (QED) is 0.846. The predicted octanol–water partition coefficient (Wildman–Crippen LogP) is 2.94. The number of hydrogen-bond donors (Lipinski definition) is 0. The van der Waals surface area contributed by atoms with Crippen molar-refractivity contribution in [3.05, 3.63) is 59.1 Å². The van der Waals surface area contributed by atoms with Crippen LogP contribution in [0, 0.1) is 11.3 Å². The van der Waals surface area contributed by atoms with E-state index in [0.29, 0.717) is 24.4 Å². The Hall–Kier alpha value is -2.71. The second kappa shape index (κ2) is 7.91. The SMILES string of the molecule is N#Cc1ccc(OCC(=O)N2CCN(c3ccccc3Cl)CC2)cc1. The molecule has 0 aromatic heterocycles. The summed E-state index contributed by atoms with van der Waals surface area (Å²) in [5.74, 6) is 0.547. The summed E-state index contributed by atoms with van der Waals surface area (Å²) in [6, 6.07) is 16.5. The summed E-state index contributed by atoms with van der Waals surface area (Å²) >= 11 is 6.23. The number of anilines is 1. The normalized spacial score (nSPS) is 14.1. The van der Waals surface area contributed by atoms with Crippen molar-refractivity contribution in [1.29, 1.82) is 5.26 Å². The van der Waals surface area contributed by atoms with Gasteiger partial charge in [-0.25, -0.2) is 0 Å². The van der Waals surface area contributed by atoms with Gasteiger partial charge >= 0.3 is 0 Å². The second-order valence-electron chi connectivity index (χ2n) is 5.74. The number of nitrogens with zero attached hydrogens (tertiary/aromatic N) is 3. The largest absolute Gasteiger partial charge is 0.484 e. The maximum absolute atomic E-state index is 12.3. The first-order valence-corrected chi connectivity index (χ1v) is 8.45. The Morgan fingerprint density at radius 2 is 1.76 bits per heavy atom. The highest BCUT2D eigenvalue weighted by molar-refractivity contribution is 6.33. The van der Waals surface area contributed by atoms with Gasteiger partial charge in [0, 0.05) is 26.2 Å². The summed E-state index contributed by atoms with van der Waals surface area (Å²) in [6.07, 6.45) is 0. The number of carbonyl (C=O) groups excluding carboxylic acids is 1. The molecule has 2 aromatic rings. The second-order valence-corrected chi connectivity index (χ2v) is 6.15. The van der Waals surface area contributed by atoms with Crippen molar-refractivity contribution in [3.63, 3.8) is 0 Å². The molecule has 1 heterocycles. The molecule has 0 radical (unpaired) electrons. The zero-order valence-corrected chi connectivity index (χ0v) is 14.4. The van der Waals surface area contributed by atoms with Crippen molar-refractivity contribution in [1.82, 2.24) is 4.90 Å². The smallest absolute Gasteiger partial charge is 0.260 e. The minimum absolute atomic E-state index is 0.00199. The highest BCUT2D eigenvalue weighted by Gasteiger charge is 2.22. The molecule has 0 atom stereocenters. The van der Waals surface area contributed by atoms with Gasteiger partial charge in [0.15, 0.2) is 6.61 Å². The standard InChI is InChI=1S/C19H18ClN3O2/c20-17-3-1-2-4-18(17)22-9-11-23(12-10-22)19(24)14-25-16-7-5-15(13-21)6-8-16/h1-8H,9-12,14H2. The molecule has 128 valence electrons. The Bertz CT molecular complexity index is 778. The number of hydrogen-bond acceptors (Lipinski definition) is 4. The summed E-state index contributed by atoms with van der Waals surface area (Å²) < 4.78 is 5.52. The monoisotopic (exact) mass is 355 g/mol.